The second kappa shape index (κ2) is 6.11. The van der Waals surface area contributed by atoms with Crippen molar-refractivity contribution >= 4 is 29.0 Å². The molecule has 0 fully saturated rings. The molecule has 1 unspecified atom stereocenters. The number of nitrogens with two attached hydrogens (primary N) is 1. The smallest absolute Gasteiger partial charge is 0.234 e. The molecule has 98 valence electrons. The predicted octanol–water partition coefficient (Wildman–Crippen LogP) is 2.13. The van der Waals surface area contributed by atoms with Gasteiger partial charge in [0, 0.05) is 17.1 Å². The number of carbonyl (C=O) groups is 1. The van der Waals surface area contributed by atoms with E-state index in [1.54, 1.807) is 11.8 Å². The van der Waals surface area contributed by atoms with Gasteiger partial charge < -0.3 is 16.4 Å². The van der Waals surface area contributed by atoms with Crippen molar-refractivity contribution in [2.45, 2.75) is 18.2 Å². The Balaban J connectivity index is 2.02. The summed E-state index contributed by atoms with van der Waals surface area (Å²) >= 11 is 1.58. The van der Waals surface area contributed by atoms with E-state index in [1.807, 2.05) is 18.2 Å². The molecule has 1 heterocycles. The Morgan fingerprint density at radius 2 is 2.39 bits per heavy atom. The Morgan fingerprint density at radius 3 is 3.11 bits per heavy atom. The number of anilines is 2. The van der Waals surface area contributed by atoms with Crippen molar-refractivity contribution in [3.05, 3.63) is 18.2 Å². The van der Waals surface area contributed by atoms with Crippen LogP contribution >= 0.6 is 11.8 Å². The van der Waals surface area contributed by atoms with Gasteiger partial charge in [0.2, 0.25) is 5.91 Å². The van der Waals surface area contributed by atoms with Gasteiger partial charge in [-0.15, -0.1) is 11.8 Å². The molecular formula is C13H19N3OS. The maximum absolute atomic E-state index is 11.3. The van der Waals surface area contributed by atoms with Crippen molar-refractivity contribution in [2.75, 3.05) is 29.5 Å². The summed E-state index contributed by atoms with van der Waals surface area (Å²) in [6, 6.07) is 6.08. The molecule has 1 aromatic carbocycles. The summed E-state index contributed by atoms with van der Waals surface area (Å²) in [5.74, 6) is 1.06. The Labute approximate surface area is 112 Å². The number of benzene rings is 1. The number of hydrogen-bond acceptors (Lipinski definition) is 4. The van der Waals surface area contributed by atoms with Gasteiger partial charge in [0.15, 0.2) is 0 Å². The van der Waals surface area contributed by atoms with Crippen molar-refractivity contribution in [2.24, 2.45) is 11.7 Å². The third kappa shape index (κ3) is 3.17. The molecule has 0 radical (unpaired) electrons. The first-order valence-electron chi connectivity index (χ1n) is 6.23. The molecule has 4 nitrogen and oxygen atoms in total. The second-order valence-electron chi connectivity index (χ2n) is 4.44. The molecule has 1 aliphatic rings. The van der Waals surface area contributed by atoms with E-state index in [4.69, 9.17) is 5.73 Å². The van der Waals surface area contributed by atoms with E-state index in [1.165, 1.54) is 0 Å². The van der Waals surface area contributed by atoms with Gasteiger partial charge in [0.1, 0.15) is 0 Å². The summed E-state index contributed by atoms with van der Waals surface area (Å²) < 4.78 is 0. The summed E-state index contributed by atoms with van der Waals surface area (Å²) in [6.45, 7) is 3.71. The number of fused-ring (bicyclic) bond motifs is 1. The number of amides is 1. The average molecular weight is 265 g/mol. The molecule has 18 heavy (non-hydrogen) atoms. The van der Waals surface area contributed by atoms with Gasteiger partial charge in [0.05, 0.1) is 11.4 Å². The third-order valence-corrected chi connectivity index (χ3v) is 4.19. The highest BCUT2D eigenvalue weighted by atomic mass is 32.2. The van der Waals surface area contributed by atoms with E-state index in [2.05, 4.69) is 17.6 Å². The molecule has 4 N–H and O–H groups in total. The number of hydrogen-bond donors (Lipinski definition) is 3. The minimum atomic E-state index is 0.0676. The first-order valence-corrected chi connectivity index (χ1v) is 7.22. The van der Waals surface area contributed by atoms with E-state index >= 15 is 0 Å². The van der Waals surface area contributed by atoms with Crippen LogP contribution in [0.1, 0.15) is 13.3 Å². The Hall–Kier alpha value is -1.20. The first kappa shape index (κ1) is 13.2. The lowest BCUT2D eigenvalue weighted by molar-refractivity contribution is -0.113. The molecule has 0 bridgehead atoms. The lowest BCUT2D eigenvalue weighted by Gasteiger charge is -2.19. The Morgan fingerprint density at radius 1 is 1.56 bits per heavy atom. The van der Waals surface area contributed by atoms with Crippen LogP contribution in [0.5, 0.6) is 0 Å². The zero-order valence-corrected chi connectivity index (χ0v) is 11.3. The number of rotatable bonds is 5. The summed E-state index contributed by atoms with van der Waals surface area (Å²) in [5, 5.41) is 6.26. The third-order valence-electron chi connectivity index (χ3n) is 3.12. The molecule has 0 saturated carbocycles. The highest BCUT2D eigenvalue weighted by molar-refractivity contribution is 8.00. The molecule has 0 aliphatic carbocycles. The highest BCUT2D eigenvalue weighted by Gasteiger charge is 2.15. The largest absolute Gasteiger partial charge is 0.385 e. The average Bonchev–Trinajstić information content (AvgIpc) is 2.39. The fourth-order valence-electron chi connectivity index (χ4n) is 1.85. The fourth-order valence-corrected chi connectivity index (χ4v) is 2.64. The Bertz CT molecular complexity index is 432. The minimum Gasteiger partial charge on any atom is -0.385 e. The van der Waals surface area contributed by atoms with Crippen molar-refractivity contribution in [3.63, 3.8) is 0 Å². The molecule has 0 spiro atoms. The van der Waals surface area contributed by atoms with Gasteiger partial charge in [0.25, 0.3) is 0 Å². The molecule has 1 aromatic rings. The van der Waals surface area contributed by atoms with E-state index in [0.29, 0.717) is 18.2 Å². The van der Waals surface area contributed by atoms with Crippen molar-refractivity contribution in [1.29, 1.82) is 0 Å². The Kier molecular flexibility index (Phi) is 4.49. The molecular weight excluding hydrogens is 246 g/mol. The van der Waals surface area contributed by atoms with Crippen LogP contribution in [0.2, 0.25) is 0 Å². The van der Waals surface area contributed by atoms with Crippen LogP contribution in [-0.2, 0) is 4.79 Å². The zero-order chi connectivity index (χ0) is 13.0. The molecule has 0 saturated heterocycles. The summed E-state index contributed by atoms with van der Waals surface area (Å²) in [6.07, 6.45) is 1.07. The number of thioether (sulfide) groups is 1. The van der Waals surface area contributed by atoms with Crippen LogP contribution in [0.15, 0.2) is 23.1 Å². The lowest BCUT2D eigenvalue weighted by atomic mass is 10.1. The van der Waals surface area contributed by atoms with Crippen LogP contribution in [-0.4, -0.2) is 24.7 Å². The quantitative estimate of drug-likeness (QED) is 0.763. The van der Waals surface area contributed by atoms with Crippen molar-refractivity contribution in [3.8, 4) is 0 Å². The topological polar surface area (TPSA) is 67.2 Å². The number of nitrogens with one attached hydrogen (secondary N) is 2. The van der Waals surface area contributed by atoms with Gasteiger partial charge in [-0.3, -0.25) is 4.79 Å². The standard InChI is InChI=1S/C13H19N3OS/c1-2-9(6-14)7-15-10-3-4-12-11(5-10)16-13(17)8-18-12/h3-5,9,15H,2,6-8,14H2,1H3,(H,16,17). The van der Waals surface area contributed by atoms with E-state index in [0.717, 1.165) is 29.2 Å². The van der Waals surface area contributed by atoms with Gasteiger partial charge in [-0.25, -0.2) is 0 Å². The van der Waals surface area contributed by atoms with Crippen LogP contribution in [0.25, 0.3) is 0 Å². The molecule has 0 aromatic heterocycles. The summed E-state index contributed by atoms with van der Waals surface area (Å²) in [4.78, 5) is 12.5. The molecule has 1 aliphatic heterocycles. The summed E-state index contributed by atoms with van der Waals surface area (Å²) in [5.41, 5.74) is 7.61. The van der Waals surface area contributed by atoms with Crippen molar-refractivity contribution in [1.82, 2.24) is 0 Å². The van der Waals surface area contributed by atoms with Crippen LogP contribution < -0.4 is 16.4 Å². The molecule has 5 heteroatoms. The summed E-state index contributed by atoms with van der Waals surface area (Å²) in [7, 11) is 0. The number of carbonyl (C=O) groups excluding carboxylic acids is 1. The maximum Gasteiger partial charge on any atom is 0.234 e. The van der Waals surface area contributed by atoms with Gasteiger partial charge in [-0.2, -0.15) is 0 Å². The van der Waals surface area contributed by atoms with Gasteiger partial charge in [-0.1, -0.05) is 13.3 Å². The second-order valence-corrected chi connectivity index (χ2v) is 5.46. The van der Waals surface area contributed by atoms with Gasteiger partial charge >= 0.3 is 0 Å². The van der Waals surface area contributed by atoms with Crippen LogP contribution in [0.4, 0.5) is 11.4 Å². The van der Waals surface area contributed by atoms with E-state index < -0.39 is 0 Å². The SMILES string of the molecule is CCC(CN)CNc1ccc2c(c1)NC(=O)CS2. The highest BCUT2D eigenvalue weighted by Crippen LogP contribution is 2.33. The maximum atomic E-state index is 11.3. The molecule has 1 amide bonds. The zero-order valence-electron chi connectivity index (χ0n) is 10.5. The lowest BCUT2D eigenvalue weighted by Crippen LogP contribution is -2.22. The predicted molar refractivity (Wildman–Crippen MR) is 77.1 cm³/mol. The first-order chi connectivity index (χ1) is 8.72. The normalized spacial score (nSPS) is 15.8. The monoisotopic (exact) mass is 265 g/mol. The van der Waals surface area contributed by atoms with Gasteiger partial charge in [-0.05, 0) is 30.7 Å². The molecule has 2 rings (SSSR count). The fraction of sp³-hybridized carbons (Fsp3) is 0.462. The van der Waals surface area contributed by atoms with E-state index in [9.17, 15) is 4.79 Å². The molecule has 1 atom stereocenters. The van der Waals surface area contributed by atoms with Crippen molar-refractivity contribution < 1.29 is 4.79 Å². The minimum absolute atomic E-state index is 0.0676. The van der Waals surface area contributed by atoms with Crippen LogP contribution in [0, 0.1) is 5.92 Å². The van der Waals surface area contributed by atoms with E-state index in [-0.39, 0.29) is 5.91 Å². The van der Waals surface area contributed by atoms with Crippen LogP contribution in [0.3, 0.4) is 0 Å².